The number of nitrogens with zero attached hydrogens (tertiary/aromatic N) is 2. The van der Waals surface area contributed by atoms with Crippen molar-refractivity contribution in [2.45, 2.75) is 32.9 Å². The zero-order valence-corrected chi connectivity index (χ0v) is 12.8. The molecule has 0 saturated carbocycles. The molecule has 1 aromatic heterocycles. The van der Waals surface area contributed by atoms with E-state index in [-0.39, 0.29) is 11.5 Å². The molecule has 7 heteroatoms. The lowest BCUT2D eigenvalue weighted by Crippen LogP contribution is -2.44. The Kier molecular flexibility index (Phi) is 5.50. The Morgan fingerprint density at radius 3 is 2.79 bits per heavy atom. The van der Waals surface area contributed by atoms with Gasteiger partial charge in [-0.2, -0.15) is 0 Å². The molecule has 0 radical (unpaired) electrons. The van der Waals surface area contributed by atoms with E-state index < -0.39 is 0 Å². The fourth-order valence-corrected chi connectivity index (χ4v) is 1.63. The molecule has 0 unspecified atom stereocenters. The van der Waals surface area contributed by atoms with Gasteiger partial charge in [-0.25, -0.2) is 4.99 Å². The van der Waals surface area contributed by atoms with Crippen LogP contribution in [0.3, 0.4) is 0 Å². The molecule has 0 bridgehead atoms. The van der Waals surface area contributed by atoms with Crippen molar-refractivity contribution in [2.24, 2.45) is 10.7 Å². The minimum atomic E-state index is -0.253. The molecule has 0 amide bonds. The highest BCUT2D eigenvalue weighted by Gasteiger charge is 2.09. The van der Waals surface area contributed by atoms with Gasteiger partial charge in [0.25, 0.3) is 0 Å². The fraction of sp³-hybridized carbons (Fsp3) is 0.417. The van der Waals surface area contributed by atoms with Crippen LogP contribution in [0, 0.1) is 0 Å². The lowest BCUT2D eigenvalue weighted by Gasteiger charge is -2.15. The highest BCUT2D eigenvalue weighted by Crippen LogP contribution is 2.11. The van der Waals surface area contributed by atoms with Gasteiger partial charge in [0.05, 0.1) is 22.8 Å². The molecule has 0 aromatic carbocycles. The van der Waals surface area contributed by atoms with E-state index in [1.165, 1.54) is 0 Å². The maximum Gasteiger partial charge on any atom is 0.195 e. The molecule has 0 aliphatic rings. The normalized spacial score (nSPS) is 12.1. The Hall–Kier alpha value is -1.40. The van der Waals surface area contributed by atoms with Crippen LogP contribution < -0.4 is 16.4 Å². The van der Waals surface area contributed by atoms with Gasteiger partial charge in [0.2, 0.25) is 0 Å². The van der Waals surface area contributed by atoms with Crippen molar-refractivity contribution in [1.29, 1.82) is 0 Å². The van der Waals surface area contributed by atoms with E-state index in [4.69, 9.17) is 29.6 Å². The number of nitrogens with one attached hydrogen (secondary N) is 2. The number of guanidine groups is 1. The number of aromatic nitrogens is 1. The van der Waals surface area contributed by atoms with E-state index >= 15 is 0 Å². The summed E-state index contributed by atoms with van der Waals surface area (Å²) in [5.41, 5.74) is 6.20. The maximum atomic E-state index is 5.99. The number of halogens is 1. The third-order valence-electron chi connectivity index (χ3n) is 1.95. The smallest absolute Gasteiger partial charge is 0.195 e. The molecule has 0 spiro atoms. The molecular formula is C12H18ClN5S. The van der Waals surface area contributed by atoms with E-state index in [0.717, 1.165) is 5.69 Å². The fourth-order valence-electron chi connectivity index (χ4n) is 1.26. The average molecular weight is 300 g/mol. The summed E-state index contributed by atoms with van der Waals surface area (Å²) in [5.74, 6) is 0.275. The van der Waals surface area contributed by atoms with Gasteiger partial charge in [-0.15, -0.1) is 0 Å². The minimum Gasteiger partial charge on any atom is -0.370 e. The third kappa shape index (κ3) is 6.35. The molecule has 4 N–H and O–H groups in total. The predicted molar refractivity (Wildman–Crippen MR) is 83.2 cm³/mol. The number of hydrogen-bond acceptors (Lipinski definition) is 3. The highest BCUT2D eigenvalue weighted by molar-refractivity contribution is 7.80. The van der Waals surface area contributed by atoms with Crippen molar-refractivity contribution >= 4 is 34.9 Å². The number of thiocarbonyl (C=S) groups is 1. The van der Waals surface area contributed by atoms with Crippen LogP contribution in [0.1, 0.15) is 26.5 Å². The Labute approximate surface area is 123 Å². The molecule has 104 valence electrons. The van der Waals surface area contributed by atoms with Crippen LogP contribution in [0.4, 0.5) is 0 Å². The Morgan fingerprint density at radius 1 is 1.53 bits per heavy atom. The largest absolute Gasteiger partial charge is 0.370 e. The quantitative estimate of drug-likeness (QED) is 0.441. The second-order valence-electron chi connectivity index (χ2n) is 4.91. The van der Waals surface area contributed by atoms with Crippen molar-refractivity contribution < 1.29 is 0 Å². The summed E-state index contributed by atoms with van der Waals surface area (Å²) < 4.78 is 0. The SMILES string of the molecule is CC(C)(C)N=C(N)NC(=S)NCc1ncccc1Cl. The van der Waals surface area contributed by atoms with Crippen LogP contribution in [-0.2, 0) is 6.54 Å². The van der Waals surface area contributed by atoms with Crippen molar-refractivity contribution in [3.8, 4) is 0 Å². The molecule has 19 heavy (non-hydrogen) atoms. The highest BCUT2D eigenvalue weighted by atomic mass is 35.5. The summed E-state index contributed by atoms with van der Waals surface area (Å²) in [5, 5.41) is 6.75. The molecule has 1 aromatic rings. The van der Waals surface area contributed by atoms with Crippen LogP contribution in [0.15, 0.2) is 23.3 Å². The summed E-state index contributed by atoms with van der Waals surface area (Å²) in [7, 11) is 0. The number of aliphatic imine (C=N–C) groups is 1. The summed E-state index contributed by atoms with van der Waals surface area (Å²) in [6.07, 6.45) is 1.68. The van der Waals surface area contributed by atoms with Gasteiger partial charge >= 0.3 is 0 Å². The third-order valence-corrected chi connectivity index (χ3v) is 2.54. The van der Waals surface area contributed by atoms with E-state index in [1.807, 2.05) is 20.8 Å². The molecule has 0 fully saturated rings. The van der Waals surface area contributed by atoms with Gasteiger partial charge < -0.3 is 16.4 Å². The first-order valence-corrected chi connectivity index (χ1v) is 6.56. The Bertz CT molecular complexity index is 481. The van der Waals surface area contributed by atoms with Gasteiger partial charge in [-0.05, 0) is 45.1 Å². The van der Waals surface area contributed by atoms with Crippen LogP contribution >= 0.6 is 23.8 Å². The van der Waals surface area contributed by atoms with Crippen LogP contribution in [0.25, 0.3) is 0 Å². The van der Waals surface area contributed by atoms with E-state index in [9.17, 15) is 0 Å². The Morgan fingerprint density at radius 2 is 2.21 bits per heavy atom. The summed E-state index contributed by atoms with van der Waals surface area (Å²) >= 11 is 11.1. The second kappa shape index (κ2) is 6.68. The zero-order chi connectivity index (χ0) is 14.5. The first kappa shape index (κ1) is 15.7. The summed E-state index contributed by atoms with van der Waals surface area (Å²) in [4.78, 5) is 8.38. The lowest BCUT2D eigenvalue weighted by molar-refractivity contribution is 0.580. The molecule has 1 heterocycles. The van der Waals surface area contributed by atoms with Gasteiger partial charge in [0, 0.05) is 6.20 Å². The molecule has 0 atom stereocenters. The zero-order valence-electron chi connectivity index (χ0n) is 11.2. The van der Waals surface area contributed by atoms with Gasteiger partial charge in [-0.1, -0.05) is 11.6 Å². The number of hydrogen-bond donors (Lipinski definition) is 3. The maximum absolute atomic E-state index is 5.99. The molecule has 0 aliphatic carbocycles. The van der Waals surface area contributed by atoms with Crippen molar-refractivity contribution in [2.75, 3.05) is 0 Å². The average Bonchev–Trinajstić information content (AvgIpc) is 2.25. The van der Waals surface area contributed by atoms with E-state index in [2.05, 4.69) is 20.6 Å². The van der Waals surface area contributed by atoms with Crippen LogP contribution in [-0.4, -0.2) is 21.6 Å². The summed E-state index contributed by atoms with van der Waals surface area (Å²) in [6.45, 7) is 6.28. The molecule has 0 saturated heterocycles. The van der Waals surface area contributed by atoms with Crippen molar-refractivity contribution in [1.82, 2.24) is 15.6 Å². The Balaban J connectivity index is 2.49. The first-order valence-electron chi connectivity index (χ1n) is 5.77. The first-order chi connectivity index (χ1) is 8.78. The molecular weight excluding hydrogens is 282 g/mol. The number of pyridine rings is 1. The van der Waals surface area contributed by atoms with E-state index in [0.29, 0.717) is 16.7 Å². The number of nitrogens with two attached hydrogens (primary N) is 1. The molecule has 0 aliphatic heterocycles. The molecule has 5 nitrogen and oxygen atoms in total. The van der Waals surface area contributed by atoms with Crippen molar-refractivity contribution in [3.63, 3.8) is 0 Å². The number of rotatable bonds is 2. The standard InChI is InChI=1S/C12H18ClN5S/c1-12(2,3)18-10(14)17-11(19)16-7-9-8(13)5-4-6-15-9/h4-6H,7H2,1-3H3,(H4,14,16,17,18,19). The topological polar surface area (TPSA) is 75.3 Å². The molecule has 1 rings (SSSR count). The predicted octanol–water partition coefficient (Wildman–Crippen LogP) is 1.81. The monoisotopic (exact) mass is 299 g/mol. The van der Waals surface area contributed by atoms with Gasteiger partial charge in [-0.3, -0.25) is 4.98 Å². The van der Waals surface area contributed by atoms with E-state index in [1.54, 1.807) is 18.3 Å². The lowest BCUT2D eigenvalue weighted by atomic mass is 10.1. The van der Waals surface area contributed by atoms with Crippen molar-refractivity contribution in [3.05, 3.63) is 29.0 Å². The summed E-state index contributed by atoms with van der Waals surface area (Å²) in [6, 6.07) is 3.55. The van der Waals surface area contributed by atoms with Crippen LogP contribution in [0.2, 0.25) is 5.02 Å². The van der Waals surface area contributed by atoms with Gasteiger partial charge in [0.1, 0.15) is 0 Å². The van der Waals surface area contributed by atoms with Gasteiger partial charge in [0.15, 0.2) is 11.1 Å². The van der Waals surface area contributed by atoms with Crippen LogP contribution in [0.5, 0.6) is 0 Å². The second-order valence-corrected chi connectivity index (χ2v) is 5.72. The minimum absolute atomic E-state index is 0.253.